The molecule has 1 N–H and O–H groups in total. The molecular weight excluding hydrogens is 322 g/mol. The van der Waals surface area contributed by atoms with Crippen LogP contribution in [-0.2, 0) is 5.75 Å². The average molecular weight is 339 g/mol. The number of aromatic nitrogens is 2. The number of carbonyl (C=O) groups is 1. The molecule has 3 rings (SSSR count). The van der Waals surface area contributed by atoms with Crippen LogP contribution >= 0.6 is 11.8 Å². The van der Waals surface area contributed by atoms with Crippen molar-refractivity contribution in [1.82, 2.24) is 10.2 Å². The lowest BCUT2D eigenvalue weighted by Crippen LogP contribution is -2.12. The van der Waals surface area contributed by atoms with Crippen LogP contribution in [0, 0.1) is 13.8 Å². The van der Waals surface area contributed by atoms with Gasteiger partial charge in [0.25, 0.3) is 5.91 Å². The lowest BCUT2D eigenvalue weighted by atomic mass is 10.1. The third-order valence-corrected chi connectivity index (χ3v) is 4.56. The van der Waals surface area contributed by atoms with Crippen LogP contribution in [0.4, 0.5) is 6.01 Å². The topological polar surface area (TPSA) is 68.0 Å². The first-order valence-corrected chi connectivity index (χ1v) is 8.49. The monoisotopic (exact) mass is 339 g/mol. The maximum Gasteiger partial charge on any atom is 0.322 e. The largest absolute Gasteiger partial charge is 0.407 e. The zero-order valence-electron chi connectivity index (χ0n) is 13.4. The molecule has 5 nitrogen and oxygen atoms in total. The fraction of sp³-hybridized carbons (Fsp3) is 0.167. The fourth-order valence-electron chi connectivity index (χ4n) is 2.08. The average Bonchev–Trinajstić information content (AvgIpc) is 3.04. The van der Waals surface area contributed by atoms with Crippen LogP contribution in [0.25, 0.3) is 0 Å². The molecule has 122 valence electrons. The zero-order valence-corrected chi connectivity index (χ0v) is 14.3. The fourth-order valence-corrected chi connectivity index (χ4v) is 2.83. The second-order valence-corrected chi connectivity index (χ2v) is 6.40. The summed E-state index contributed by atoms with van der Waals surface area (Å²) < 4.78 is 5.48. The van der Waals surface area contributed by atoms with E-state index in [1.165, 1.54) is 0 Å². The van der Waals surface area contributed by atoms with Gasteiger partial charge in [-0.3, -0.25) is 10.1 Å². The molecule has 0 spiro atoms. The van der Waals surface area contributed by atoms with Crippen LogP contribution < -0.4 is 5.32 Å². The van der Waals surface area contributed by atoms with Crippen LogP contribution in [0.2, 0.25) is 0 Å². The molecule has 24 heavy (non-hydrogen) atoms. The second-order valence-electron chi connectivity index (χ2n) is 5.36. The summed E-state index contributed by atoms with van der Waals surface area (Å²) in [7, 11) is 0. The number of rotatable bonds is 5. The maximum absolute atomic E-state index is 12.2. The molecule has 0 saturated carbocycles. The van der Waals surface area contributed by atoms with Crippen molar-refractivity contribution >= 4 is 23.7 Å². The second kappa shape index (κ2) is 7.31. The van der Waals surface area contributed by atoms with Gasteiger partial charge < -0.3 is 4.42 Å². The molecule has 0 radical (unpaired) electrons. The third-order valence-electron chi connectivity index (χ3n) is 3.56. The molecule has 0 saturated heterocycles. The Morgan fingerprint density at radius 2 is 1.88 bits per heavy atom. The molecule has 0 unspecified atom stereocenters. The van der Waals surface area contributed by atoms with Crippen molar-refractivity contribution in [1.29, 1.82) is 0 Å². The summed E-state index contributed by atoms with van der Waals surface area (Å²) in [4.78, 5) is 13.3. The van der Waals surface area contributed by atoms with Gasteiger partial charge in [-0.2, -0.15) is 0 Å². The maximum atomic E-state index is 12.2. The van der Waals surface area contributed by atoms with Crippen LogP contribution in [0.1, 0.15) is 27.4 Å². The predicted octanol–water partition coefficient (Wildman–Crippen LogP) is 4.23. The Kier molecular flexibility index (Phi) is 4.96. The Hall–Kier alpha value is -2.60. The summed E-state index contributed by atoms with van der Waals surface area (Å²) in [6.45, 7) is 3.98. The summed E-state index contributed by atoms with van der Waals surface area (Å²) in [6, 6.07) is 15.6. The van der Waals surface area contributed by atoms with Crippen LogP contribution in [0.3, 0.4) is 0 Å². The number of thioether (sulfide) groups is 1. The SMILES string of the molecule is Cc1ccc(C(=O)Nc2nnc(CSc3ccccc3)o2)cc1C. The van der Waals surface area contributed by atoms with E-state index in [-0.39, 0.29) is 11.9 Å². The van der Waals surface area contributed by atoms with Gasteiger partial charge in [0.05, 0.1) is 5.75 Å². The molecule has 0 bridgehead atoms. The Morgan fingerprint density at radius 1 is 1.08 bits per heavy atom. The molecule has 0 aliphatic carbocycles. The molecule has 1 amide bonds. The number of benzene rings is 2. The summed E-state index contributed by atoms with van der Waals surface area (Å²) in [5.74, 6) is 0.763. The van der Waals surface area contributed by atoms with E-state index >= 15 is 0 Å². The lowest BCUT2D eigenvalue weighted by molar-refractivity contribution is 0.102. The molecule has 0 atom stereocenters. The molecule has 0 fully saturated rings. The van der Waals surface area contributed by atoms with E-state index < -0.39 is 0 Å². The Bertz CT molecular complexity index is 846. The Labute approximate surface area is 144 Å². The highest BCUT2D eigenvalue weighted by molar-refractivity contribution is 7.98. The van der Waals surface area contributed by atoms with E-state index in [2.05, 4.69) is 15.5 Å². The van der Waals surface area contributed by atoms with Gasteiger partial charge in [-0.25, -0.2) is 0 Å². The van der Waals surface area contributed by atoms with Crippen LogP contribution in [0.15, 0.2) is 57.8 Å². The van der Waals surface area contributed by atoms with Crippen LogP contribution in [-0.4, -0.2) is 16.1 Å². The molecule has 6 heteroatoms. The van der Waals surface area contributed by atoms with Crippen molar-refractivity contribution in [3.05, 3.63) is 71.1 Å². The highest BCUT2D eigenvalue weighted by Crippen LogP contribution is 2.22. The number of hydrogen-bond donors (Lipinski definition) is 1. The van der Waals surface area contributed by atoms with E-state index in [1.807, 2.05) is 56.3 Å². The minimum absolute atomic E-state index is 0.113. The lowest BCUT2D eigenvalue weighted by Gasteiger charge is -2.04. The van der Waals surface area contributed by atoms with Gasteiger partial charge in [0, 0.05) is 10.5 Å². The molecule has 0 aliphatic heterocycles. The van der Waals surface area contributed by atoms with Crippen molar-refractivity contribution in [3.8, 4) is 0 Å². The number of carbonyl (C=O) groups excluding carboxylic acids is 1. The van der Waals surface area contributed by atoms with Crippen molar-refractivity contribution in [2.45, 2.75) is 24.5 Å². The first-order chi connectivity index (χ1) is 11.6. The van der Waals surface area contributed by atoms with Crippen molar-refractivity contribution < 1.29 is 9.21 Å². The van der Waals surface area contributed by atoms with Crippen molar-refractivity contribution in [3.63, 3.8) is 0 Å². The van der Waals surface area contributed by atoms with E-state index in [4.69, 9.17) is 4.42 Å². The number of nitrogens with one attached hydrogen (secondary N) is 1. The summed E-state index contributed by atoms with van der Waals surface area (Å²) in [6.07, 6.45) is 0. The van der Waals surface area contributed by atoms with Gasteiger partial charge in [0.15, 0.2) is 0 Å². The number of hydrogen-bond acceptors (Lipinski definition) is 5. The van der Waals surface area contributed by atoms with E-state index in [0.29, 0.717) is 17.2 Å². The minimum atomic E-state index is -0.260. The van der Waals surface area contributed by atoms with E-state index in [9.17, 15) is 4.79 Å². The highest BCUT2D eigenvalue weighted by atomic mass is 32.2. The van der Waals surface area contributed by atoms with Gasteiger partial charge in [-0.05, 0) is 49.2 Å². The van der Waals surface area contributed by atoms with E-state index in [1.54, 1.807) is 17.8 Å². The van der Waals surface area contributed by atoms with Gasteiger partial charge in [0.2, 0.25) is 5.89 Å². The standard InChI is InChI=1S/C18H17N3O2S/c1-12-8-9-14(10-13(12)2)17(22)19-18-21-20-16(23-18)11-24-15-6-4-3-5-7-15/h3-10H,11H2,1-2H3,(H,19,21,22). The number of amides is 1. The number of nitrogens with zero attached hydrogens (tertiary/aromatic N) is 2. The van der Waals surface area contributed by atoms with Crippen molar-refractivity contribution in [2.24, 2.45) is 0 Å². The Morgan fingerprint density at radius 3 is 2.62 bits per heavy atom. The van der Waals surface area contributed by atoms with Crippen LogP contribution in [0.5, 0.6) is 0 Å². The first kappa shape index (κ1) is 16.3. The smallest absolute Gasteiger partial charge is 0.322 e. The normalized spacial score (nSPS) is 10.6. The summed E-state index contributed by atoms with van der Waals surface area (Å²) in [5, 5.41) is 10.5. The molecule has 3 aromatic rings. The molecule has 1 heterocycles. The molecule has 1 aromatic heterocycles. The zero-order chi connectivity index (χ0) is 16.9. The molecular formula is C18H17N3O2S. The predicted molar refractivity (Wildman–Crippen MR) is 94.2 cm³/mol. The van der Waals surface area contributed by atoms with Gasteiger partial charge >= 0.3 is 6.01 Å². The van der Waals surface area contributed by atoms with Gasteiger partial charge in [-0.1, -0.05) is 29.4 Å². The number of aryl methyl sites for hydroxylation is 2. The van der Waals surface area contributed by atoms with E-state index in [0.717, 1.165) is 16.0 Å². The first-order valence-electron chi connectivity index (χ1n) is 7.50. The molecule has 2 aromatic carbocycles. The summed E-state index contributed by atoms with van der Waals surface area (Å²) in [5.41, 5.74) is 2.77. The molecule has 0 aliphatic rings. The van der Waals surface area contributed by atoms with Crippen molar-refractivity contribution in [2.75, 3.05) is 5.32 Å². The van der Waals surface area contributed by atoms with Gasteiger partial charge in [-0.15, -0.1) is 16.9 Å². The minimum Gasteiger partial charge on any atom is -0.407 e. The third kappa shape index (κ3) is 4.02. The quantitative estimate of drug-likeness (QED) is 0.705. The number of anilines is 1. The Balaban J connectivity index is 1.61. The highest BCUT2D eigenvalue weighted by Gasteiger charge is 2.12. The summed E-state index contributed by atoms with van der Waals surface area (Å²) >= 11 is 1.60. The van der Waals surface area contributed by atoms with Gasteiger partial charge in [0.1, 0.15) is 0 Å².